The van der Waals surface area contributed by atoms with Crippen LogP contribution in [0.15, 0.2) is 36.7 Å². The molecule has 0 aliphatic heterocycles. The fourth-order valence-corrected chi connectivity index (χ4v) is 4.20. The molecule has 7 heteroatoms. The number of carbonyl (C=O) groups excluding carboxylic acids is 1. The third-order valence-corrected chi connectivity index (χ3v) is 6.04. The molecule has 0 radical (unpaired) electrons. The summed E-state index contributed by atoms with van der Waals surface area (Å²) in [6, 6.07) is 8.69. The van der Waals surface area contributed by atoms with Crippen molar-refractivity contribution in [1.82, 2.24) is 24.7 Å². The Morgan fingerprint density at radius 1 is 1.03 bits per heavy atom. The lowest BCUT2D eigenvalue weighted by Gasteiger charge is -2.29. The van der Waals surface area contributed by atoms with Crippen molar-refractivity contribution in [2.24, 2.45) is 7.05 Å². The molecule has 0 aliphatic rings. The zero-order valence-electron chi connectivity index (χ0n) is 21.9. The van der Waals surface area contributed by atoms with Crippen LogP contribution >= 0.6 is 0 Å². The number of rotatable bonds is 17. The highest BCUT2D eigenvalue weighted by Gasteiger charge is 2.17. The summed E-state index contributed by atoms with van der Waals surface area (Å²) in [5.74, 6) is 0.794. The summed E-state index contributed by atoms with van der Waals surface area (Å²) >= 11 is 0. The highest BCUT2D eigenvalue weighted by Crippen LogP contribution is 2.13. The first-order valence-electron chi connectivity index (χ1n) is 12.8. The van der Waals surface area contributed by atoms with Crippen LogP contribution in [0.3, 0.4) is 0 Å². The Labute approximate surface area is 206 Å². The Kier molecular flexibility index (Phi) is 12.9. The molecule has 2 aromatic rings. The first kappa shape index (κ1) is 28.0. The minimum Gasteiger partial charge on any atom is -0.447 e. The SMILES string of the molecule is CCCN(CCC)CCCCN(Cc1ccc(CNCc2nccn2C)cc1)C(C)OC(C)=O. The van der Waals surface area contributed by atoms with Crippen molar-refractivity contribution in [2.45, 2.75) is 79.2 Å². The van der Waals surface area contributed by atoms with Gasteiger partial charge in [-0.3, -0.25) is 9.69 Å². The van der Waals surface area contributed by atoms with Gasteiger partial charge in [0.05, 0.1) is 6.54 Å². The molecular formula is C27H45N5O2. The van der Waals surface area contributed by atoms with Crippen molar-refractivity contribution in [3.63, 3.8) is 0 Å². The van der Waals surface area contributed by atoms with E-state index in [1.807, 2.05) is 30.9 Å². The van der Waals surface area contributed by atoms with Gasteiger partial charge < -0.3 is 19.5 Å². The van der Waals surface area contributed by atoms with E-state index >= 15 is 0 Å². The average Bonchev–Trinajstić information content (AvgIpc) is 3.21. The molecule has 1 aromatic heterocycles. The Morgan fingerprint density at radius 2 is 1.68 bits per heavy atom. The van der Waals surface area contributed by atoms with Gasteiger partial charge in [0, 0.05) is 46.0 Å². The van der Waals surface area contributed by atoms with E-state index in [0.29, 0.717) is 0 Å². The van der Waals surface area contributed by atoms with Crippen molar-refractivity contribution in [3.8, 4) is 0 Å². The number of ether oxygens (including phenoxy) is 1. The van der Waals surface area contributed by atoms with Crippen molar-refractivity contribution in [1.29, 1.82) is 0 Å². The molecule has 190 valence electrons. The van der Waals surface area contributed by atoms with Gasteiger partial charge in [-0.2, -0.15) is 0 Å². The van der Waals surface area contributed by atoms with Crippen molar-refractivity contribution in [2.75, 3.05) is 26.2 Å². The molecule has 0 saturated heterocycles. The lowest BCUT2D eigenvalue weighted by atomic mass is 10.1. The number of unbranched alkanes of at least 4 members (excludes halogenated alkanes) is 1. The Bertz CT molecular complexity index is 815. The van der Waals surface area contributed by atoms with Crippen molar-refractivity contribution < 1.29 is 9.53 Å². The van der Waals surface area contributed by atoms with Gasteiger partial charge in [-0.25, -0.2) is 4.98 Å². The number of hydrogen-bond acceptors (Lipinski definition) is 6. The van der Waals surface area contributed by atoms with Crippen molar-refractivity contribution >= 4 is 5.97 Å². The smallest absolute Gasteiger partial charge is 0.304 e. The first-order valence-corrected chi connectivity index (χ1v) is 12.8. The number of aryl methyl sites for hydroxylation is 1. The number of carbonyl (C=O) groups is 1. The van der Waals surface area contributed by atoms with Crippen molar-refractivity contribution in [3.05, 3.63) is 53.6 Å². The van der Waals surface area contributed by atoms with Gasteiger partial charge in [0.25, 0.3) is 0 Å². The van der Waals surface area contributed by atoms with Gasteiger partial charge in [-0.05, 0) is 63.4 Å². The van der Waals surface area contributed by atoms with Crippen LogP contribution in [-0.4, -0.2) is 57.7 Å². The van der Waals surface area contributed by atoms with E-state index in [9.17, 15) is 4.79 Å². The second-order valence-electron chi connectivity index (χ2n) is 9.10. The zero-order valence-corrected chi connectivity index (χ0v) is 21.9. The van der Waals surface area contributed by atoms with Gasteiger partial charge >= 0.3 is 5.97 Å². The summed E-state index contributed by atoms with van der Waals surface area (Å²) in [6.07, 6.45) is 8.18. The Balaban J connectivity index is 1.86. The Morgan fingerprint density at radius 3 is 2.26 bits per heavy atom. The normalized spacial score (nSPS) is 12.4. The number of esters is 1. The molecule has 0 amide bonds. The molecule has 0 saturated carbocycles. The van der Waals surface area contributed by atoms with Crippen LogP contribution in [0.25, 0.3) is 0 Å². The maximum Gasteiger partial charge on any atom is 0.304 e. The van der Waals surface area contributed by atoms with E-state index in [4.69, 9.17) is 4.74 Å². The topological polar surface area (TPSA) is 62.6 Å². The number of aromatic nitrogens is 2. The second-order valence-corrected chi connectivity index (χ2v) is 9.10. The summed E-state index contributed by atoms with van der Waals surface area (Å²) in [5, 5.41) is 3.45. The molecule has 1 N–H and O–H groups in total. The lowest BCUT2D eigenvalue weighted by molar-refractivity contribution is -0.155. The van der Waals surface area contributed by atoms with Crippen LogP contribution in [0, 0.1) is 0 Å². The van der Waals surface area contributed by atoms with Gasteiger partial charge in [-0.1, -0.05) is 38.1 Å². The third-order valence-electron chi connectivity index (χ3n) is 6.04. The minimum absolute atomic E-state index is 0.233. The molecule has 1 aromatic carbocycles. The van der Waals surface area contributed by atoms with Crippen LogP contribution in [0.5, 0.6) is 0 Å². The second kappa shape index (κ2) is 15.6. The molecule has 7 nitrogen and oxygen atoms in total. The van der Waals surface area contributed by atoms with Gasteiger partial charge in [-0.15, -0.1) is 0 Å². The van der Waals surface area contributed by atoms with Crippen LogP contribution in [0.4, 0.5) is 0 Å². The summed E-state index contributed by atoms with van der Waals surface area (Å²) < 4.78 is 7.55. The fraction of sp³-hybridized carbons (Fsp3) is 0.630. The molecule has 0 spiro atoms. The Hall–Kier alpha value is -2.22. The predicted octanol–water partition coefficient (Wildman–Crippen LogP) is 4.32. The number of nitrogens with one attached hydrogen (secondary N) is 1. The standard InChI is InChI=1S/C27H45N5O2/c1-6-15-31(16-7-2)17-8-9-18-32(23(3)34-24(4)33)22-26-12-10-25(11-13-26)20-28-21-27-29-14-19-30(27)5/h10-14,19,23,28H,6-9,15-18,20-22H2,1-5H3. The molecule has 2 rings (SSSR count). The largest absolute Gasteiger partial charge is 0.447 e. The average molecular weight is 472 g/mol. The minimum atomic E-state index is -0.237. The summed E-state index contributed by atoms with van der Waals surface area (Å²) in [6.45, 7) is 14.6. The molecule has 34 heavy (non-hydrogen) atoms. The van der Waals surface area contributed by atoms with E-state index in [-0.39, 0.29) is 12.2 Å². The number of imidazole rings is 1. The van der Waals surface area contributed by atoms with Gasteiger partial charge in [0.2, 0.25) is 0 Å². The summed E-state index contributed by atoms with van der Waals surface area (Å²) in [4.78, 5) is 20.7. The number of hydrogen-bond donors (Lipinski definition) is 1. The molecule has 1 unspecified atom stereocenters. The molecule has 1 heterocycles. The maximum atomic E-state index is 11.6. The quantitative estimate of drug-likeness (QED) is 0.211. The van der Waals surface area contributed by atoms with E-state index < -0.39 is 0 Å². The van der Waals surface area contributed by atoms with Crippen LogP contribution in [-0.2, 0) is 36.2 Å². The molecule has 0 fully saturated rings. The third kappa shape index (κ3) is 10.4. The highest BCUT2D eigenvalue weighted by molar-refractivity contribution is 5.66. The van der Waals surface area contributed by atoms with Gasteiger partial charge in [0.15, 0.2) is 6.23 Å². The molecule has 0 aliphatic carbocycles. The van der Waals surface area contributed by atoms with E-state index in [2.05, 4.69) is 58.2 Å². The van der Waals surface area contributed by atoms with E-state index in [1.54, 1.807) is 0 Å². The molecule has 1 atom stereocenters. The van der Waals surface area contributed by atoms with Gasteiger partial charge in [0.1, 0.15) is 5.82 Å². The van der Waals surface area contributed by atoms with Crippen LogP contribution < -0.4 is 5.32 Å². The van der Waals surface area contributed by atoms with E-state index in [1.165, 1.54) is 44.0 Å². The molecular weight excluding hydrogens is 426 g/mol. The van der Waals surface area contributed by atoms with Crippen LogP contribution in [0.1, 0.15) is 70.3 Å². The monoisotopic (exact) mass is 471 g/mol. The molecule has 0 bridgehead atoms. The summed E-state index contributed by atoms with van der Waals surface area (Å²) in [5.41, 5.74) is 2.47. The predicted molar refractivity (Wildman–Crippen MR) is 138 cm³/mol. The maximum absolute atomic E-state index is 11.6. The first-order chi connectivity index (χ1) is 16.4. The fourth-order valence-electron chi connectivity index (χ4n) is 4.20. The summed E-state index contributed by atoms with van der Waals surface area (Å²) in [7, 11) is 2.01. The van der Waals surface area contributed by atoms with E-state index in [0.717, 1.165) is 51.4 Å². The number of nitrogens with zero attached hydrogens (tertiary/aromatic N) is 4. The lowest BCUT2D eigenvalue weighted by Crippen LogP contribution is -2.37. The number of benzene rings is 1. The highest BCUT2D eigenvalue weighted by atomic mass is 16.6. The van der Waals surface area contributed by atoms with Crippen LogP contribution in [0.2, 0.25) is 0 Å². The zero-order chi connectivity index (χ0) is 24.8.